The van der Waals surface area contributed by atoms with Crippen LogP contribution in [0.1, 0.15) is 31.1 Å². The molecule has 0 saturated carbocycles. The predicted molar refractivity (Wildman–Crippen MR) is 62.9 cm³/mol. The molecule has 0 atom stereocenters. The number of benzene rings is 1. The first-order valence-corrected chi connectivity index (χ1v) is 5.13. The van der Waals surface area contributed by atoms with E-state index in [1.165, 1.54) is 18.2 Å². The summed E-state index contributed by atoms with van der Waals surface area (Å²) in [6.45, 7) is 6.73. The molecule has 0 aliphatic rings. The zero-order valence-electron chi connectivity index (χ0n) is 9.80. The number of rotatable bonds is 3. The van der Waals surface area contributed by atoms with Crippen molar-refractivity contribution in [3.05, 3.63) is 29.6 Å². The van der Waals surface area contributed by atoms with Crippen LogP contribution in [0.2, 0.25) is 0 Å². The van der Waals surface area contributed by atoms with Crippen molar-refractivity contribution in [1.29, 1.82) is 0 Å². The van der Waals surface area contributed by atoms with Gasteiger partial charge in [-0.3, -0.25) is 4.79 Å². The molecule has 1 amide bonds. The predicted octanol–water partition coefficient (Wildman–Crippen LogP) is 2.38. The summed E-state index contributed by atoms with van der Waals surface area (Å²) in [5.74, 6) is -0.937. The molecule has 1 aromatic carbocycles. The van der Waals surface area contributed by atoms with Crippen molar-refractivity contribution in [2.75, 3.05) is 11.9 Å². The van der Waals surface area contributed by atoms with E-state index in [0.717, 1.165) is 0 Å². The van der Waals surface area contributed by atoms with Gasteiger partial charge in [0.1, 0.15) is 5.82 Å². The minimum Gasteiger partial charge on any atom is -0.382 e. The molecule has 4 heteroatoms. The fourth-order valence-corrected chi connectivity index (χ4v) is 1.17. The van der Waals surface area contributed by atoms with Gasteiger partial charge in [-0.15, -0.1) is 0 Å². The average Bonchev–Trinajstić information content (AvgIpc) is 2.14. The van der Waals surface area contributed by atoms with Gasteiger partial charge in [-0.2, -0.15) is 0 Å². The average molecular weight is 224 g/mol. The van der Waals surface area contributed by atoms with E-state index < -0.39 is 5.91 Å². The van der Waals surface area contributed by atoms with Crippen LogP contribution < -0.4 is 11.1 Å². The summed E-state index contributed by atoms with van der Waals surface area (Å²) < 4.78 is 13.4. The van der Waals surface area contributed by atoms with Gasteiger partial charge in [0.05, 0.1) is 5.69 Å². The first-order valence-electron chi connectivity index (χ1n) is 5.13. The third-order valence-corrected chi connectivity index (χ3v) is 2.06. The maximum atomic E-state index is 13.4. The highest BCUT2D eigenvalue weighted by atomic mass is 19.1. The summed E-state index contributed by atoms with van der Waals surface area (Å²) in [6, 6.07) is 4.05. The lowest BCUT2D eigenvalue weighted by molar-refractivity contribution is 0.100. The van der Waals surface area contributed by atoms with Gasteiger partial charge >= 0.3 is 0 Å². The van der Waals surface area contributed by atoms with Crippen molar-refractivity contribution in [1.82, 2.24) is 0 Å². The third-order valence-electron chi connectivity index (χ3n) is 2.06. The molecule has 0 spiro atoms. The summed E-state index contributed by atoms with van der Waals surface area (Å²) in [7, 11) is 0. The van der Waals surface area contributed by atoms with Gasteiger partial charge in [-0.1, -0.05) is 20.8 Å². The highest BCUT2D eigenvalue weighted by Gasteiger charge is 2.12. The number of nitrogens with two attached hydrogens (primary N) is 1. The second kappa shape index (κ2) is 4.51. The van der Waals surface area contributed by atoms with Crippen LogP contribution in [0.3, 0.4) is 0 Å². The quantitative estimate of drug-likeness (QED) is 0.828. The Morgan fingerprint density at radius 3 is 2.56 bits per heavy atom. The molecule has 0 aliphatic carbocycles. The number of hydrogen-bond donors (Lipinski definition) is 2. The van der Waals surface area contributed by atoms with E-state index in [0.29, 0.717) is 17.8 Å². The van der Waals surface area contributed by atoms with Gasteiger partial charge in [0.2, 0.25) is 5.91 Å². The van der Waals surface area contributed by atoms with Crippen LogP contribution in [-0.2, 0) is 0 Å². The molecule has 3 nitrogen and oxygen atoms in total. The van der Waals surface area contributed by atoms with Crippen LogP contribution in [0.15, 0.2) is 18.2 Å². The van der Waals surface area contributed by atoms with Gasteiger partial charge in [0.15, 0.2) is 0 Å². The number of nitrogens with one attached hydrogen (secondary N) is 1. The van der Waals surface area contributed by atoms with Crippen LogP contribution >= 0.6 is 0 Å². The normalized spacial score (nSPS) is 11.2. The summed E-state index contributed by atoms with van der Waals surface area (Å²) in [5.41, 5.74) is 5.78. The van der Waals surface area contributed by atoms with Gasteiger partial charge in [-0.05, 0) is 23.6 Å². The topological polar surface area (TPSA) is 55.1 Å². The number of carbonyl (C=O) groups is 1. The minimum absolute atomic E-state index is 0.0369. The molecule has 0 unspecified atom stereocenters. The molecule has 0 saturated heterocycles. The molecule has 3 N–H and O–H groups in total. The number of carbonyl (C=O) groups excluding carboxylic acids is 1. The summed E-state index contributed by atoms with van der Waals surface area (Å²) >= 11 is 0. The number of anilines is 1. The molecule has 1 aromatic rings. The van der Waals surface area contributed by atoms with Crippen molar-refractivity contribution >= 4 is 11.6 Å². The summed E-state index contributed by atoms with van der Waals surface area (Å²) in [4.78, 5) is 10.9. The summed E-state index contributed by atoms with van der Waals surface area (Å²) in [5, 5.41) is 2.97. The largest absolute Gasteiger partial charge is 0.382 e. The van der Waals surface area contributed by atoms with E-state index in [-0.39, 0.29) is 11.2 Å². The molecule has 0 aliphatic heterocycles. The van der Waals surface area contributed by atoms with E-state index in [2.05, 4.69) is 5.32 Å². The van der Waals surface area contributed by atoms with Gasteiger partial charge in [0, 0.05) is 12.1 Å². The second-order valence-electron chi connectivity index (χ2n) is 4.97. The standard InChI is InChI=1S/C12H17FN2O/c1-12(2,3)7-15-10-6-8(11(14)16)4-5-9(10)13/h4-6,15H,7H2,1-3H3,(H2,14,16). The SMILES string of the molecule is CC(C)(C)CNc1cc(C(N)=O)ccc1F. The Labute approximate surface area is 94.8 Å². The van der Waals surface area contributed by atoms with E-state index in [4.69, 9.17) is 5.73 Å². The first kappa shape index (κ1) is 12.5. The monoisotopic (exact) mass is 224 g/mol. The highest BCUT2D eigenvalue weighted by molar-refractivity contribution is 5.93. The fourth-order valence-electron chi connectivity index (χ4n) is 1.17. The number of amides is 1. The Kier molecular flexibility index (Phi) is 3.52. The Morgan fingerprint density at radius 2 is 2.06 bits per heavy atom. The smallest absolute Gasteiger partial charge is 0.248 e. The van der Waals surface area contributed by atoms with E-state index in [9.17, 15) is 9.18 Å². The van der Waals surface area contributed by atoms with Crippen molar-refractivity contribution in [3.63, 3.8) is 0 Å². The molecule has 1 rings (SSSR count). The fraction of sp³-hybridized carbons (Fsp3) is 0.417. The van der Waals surface area contributed by atoms with E-state index >= 15 is 0 Å². The lowest BCUT2D eigenvalue weighted by Crippen LogP contribution is -2.20. The van der Waals surface area contributed by atoms with Crippen LogP contribution in [-0.4, -0.2) is 12.5 Å². The Balaban J connectivity index is 2.86. The van der Waals surface area contributed by atoms with Crippen molar-refractivity contribution in [2.24, 2.45) is 11.1 Å². The zero-order valence-corrected chi connectivity index (χ0v) is 9.80. The van der Waals surface area contributed by atoms with Gasteiger partial charge < -0.3 is 11.1 Å². The first-order chi connectivity index (χ1) is 7.29. The maximum Gasteiger partial charge on any atom is 0.248 e. The van der Waals surface area contributed by atoms with Crippen LogP contribution in [0, 0.1) is 11.2 Å². The highest BCUT2D eigenvalue weighted by Crippen LogP contribution is 2.19. The Bertz CT molecular complexity index is 396. The van der Waals surface area contributed by atoms with Gasteiger partial charge in [0.25, 0.3) is 0 Å². The van der Waals surface area contributed by atoms with Gasteiger partial charge in [-0.25, -0.2) is 4.39 Å². The number of halogens is 1. The lowest BCUT2D eigenvalue weighted by atomic mass is 9.97. The van der Waals surface area contributed by atoms with E-state index in [1.54, 1.807) is 0 Å². The number of primary amides is 1. The second-order valence-corrected chi connectivity index (χ2v) is 4.97. The molecule has 0 aromatic heterocycles. The Morgan fingerprint density at radius 1 is 1.44 bits per heavy atom. The lowest BCUT2D eigenvalue weighted by Gasteiger charge is -2.20. The molecule has 0 radical (unpaired) electrons. The van der Waals surface area contributed by atoms with Crippen molar-refractivity contribution < 1.29 is 9.18 Å². The molecule has 88 valence electrons. The molecule has 16 heavy (non-hydrogen) atoms. The molecule has 0 fully saturated rings. The van der Waals surface area contributed by atoms with E-state index in [1.807, 2.05) is 20.8 Å². The van der Waals surface area contributed by atoms with Crippen molar-refractivity contribution in [2.45, 2.75) is 20.8 Å². The third kappa shape index (κ3) is 3.53. The Hall–Kier alpha value is -1.58. The molecule has 0 heterocycles. The van der Waals surface area contributed by atoms with Crippen LogP contribution in [0.5, 0.6) is 0 Å². The maximum absolute atomic E-state index is 13.4. The number of hydrogen-bond acceptors (Lipinski definition) is 2. The van der Waals surface area contributed by atoms with Crippen molar-refractivity contribution in [3.8, 4) is 0 Å². The summed E-state index contributed by atoms with van der Waals surface area (Å²) in [6.07, 6.45) is 0. The van der Waals surface area contributed by atoms with Crippen LogP contribution in [0.25, 0.3) is 0 Å². The minimum atomic E-state index is -0.557. The molecule has 0 bridgehead atoms. The van der Waals surface area contributed by atoms with Crippen LogP contribution in [0.4, 0.5) is 10.1 Å². The zero-order chi connectivity index (χ0) is 12.3. The molecular weight excluding hydrogens is 207 g/mol. The molecular formula is C12H17FN2O.